The highest BCUT2D eigenvalue weighted by molar-refractivity contribution is 9.10. The molecule has 0 atom stereocenters. The molecule has 0 spiro atoms. The predicted molar refractivity (Wildman–Crippen MR) is 90.2 cm³/mol. The van der Waals surface area contributed by atoms with Gasteiger partial charge in [-0.05, 0) is 46.3 Å². The normalized spacial score (nSPS) is 11.1. The van der Waals surface area contributed by atoms with Crippen molar-refractivity contribution < 1.29 is 9.21 Å². The number of para-hydroxylation sites is 1. The maximum Gasteiger partial charge on any atom is 0.255 e. The number of aromatic nitrogens is 1. The molecule has 4 nitrogen and oxygen atoms in total. The molecule has 3 rings (SSSR count). The number of anilines is 1. The lowest BCUT2D eigenvalue weighted by molar-refractivity contribution is 0.102. The van der Waals surface area contributed by atoms with Crippen molar-refractivity contribution in [1.29, 1.82) is 0 Å². The monoisotopic (exact) mass is 358 g/mol. The van der Waals surface area contributed by atoms with Gasteiger partial charge in [-0.2, -0.15) is 0 Å². The van der Waals surface area contributed by atoms with Crippen LogP contribution in [0, 0.1) is 0 Å². The van der Waals surface area contributed by atoms with Crippen LogP contribution >= 0.6 is 15.9 Å². The highest BCUT2D eigenvalue weighted by Gasteiger charge is 2.13. The molecule has 2 aromatic carbocycles. The van der Waals surface area contributed by atoms with Gasteiger partial charge < -0.3 is 9.73 Å². The van der Waals surface area contributed by atoms with Crippen molar-refractivity contribution in [3.63, 3.8) is 0 Å². The molecule has 0 aliphatic carbocycles. The number of fused-ring (bicyclic) bond motifs is 1. The largest absolute Gasteiger partial charge is 0.440 e. The fourth-order valence-electron chi connectivity index (χ4n) is 2.09. The Hall–Kier alpha value is -2.14. The van der Waals surface area contributed by atoms with E-state index in [9.17, 15) is 4.79 Å². The molecule has 0 saturated carbocycles. The Morgan fingerprint density at radius 1 is 1.23 bits per heavy atom. The summed E-state index contributed by atoms with van der Waals surface area (Å²) in [4.78, 5) is 16.8. The lowest BCUT2D eigenvalue weighted by atomic mass is 10.2. The maximum atomic E-state index is 12.4. The number of halogens is 1. The minimum absolute atomic E-state index is 0.184. The van der Waals surface area contributed by atoms with Gasteiger partial charge in [0.1, 0.15) is 5.52 Å². The third kappa shape index (κ3) is 2.90. The number of amides is 1. The quantitative estimate of drug-likeness (QED) is 0.719. The molecule has 0 aliphatic rings. The van der Waals surface area contributed by atoms with E-state index in [1.165, 1.54) is 0 Å². The first-order valence-corrected chi connectivity index (χ1v) is 7.80. The van der Waals surface area contributed by atoms with Crippen molar-refractivity contribution in [1.82, 2.24) is 4.98 Å². The Bertz CT molecular complexity index is 840. The molecule has 0 unspecified atom stereocenters. The first-order valence-electron chi connectivity index (χ1n) is 7.01. The summed E-state index contributed by atoms with van der Waals surface area (Å²) in [6.45, 7) is 4.04. The smallest absolute Gasteiger partial charge is 0.255 e. The standard InChI is InChI=1S/C17H15BrN2O2/c1-10(2)17-20-14-8-7-11(9-15(14)22-17)16(21)19-13-6-4-3-5-12(13)18/h3-10H,1-2H3,(H,19,21). The van der Waals surface area contributed by atoms with Crippen LogP contribution in [0.1, 0.15) is 36.0 Å². The highest BCUT2D eigenvalue weighted by Crippen LogP contribution is 2.24. The number of hydrogen-bond acceptors (Lipinski definition) is 3. The number of rotatable bonds is 3. The minimum atomic E-state index is -0.184. The molecule has 112 valence electrons. The van der Waals surface area contributed by atoms with Crippen LogP contribution in [0.5, 0.6) is 0 Å². The highest BCUT2D eigenvalue weighted by atomic mass is 79.9. The number of oxazole rings is 1. The summed E-state index contributed by atoms with van der Waals surface area (Å²) in [5.74, 6) is 0.708. The Kier molecular flexibility index (Phi) is 3.98. The molecule has 1 aromatic heterocycles. The molecule has 5 heteroatoms. The van der Waals surface area contributed by atoms with Gasteiger partial charge >= 0.3 is 0 Å². The topological polar surface area (TPSA) is 55.1 Å². The minimum Gasteiger partial charge on any atom is -0.440 e. The zero-order valence-electron chi connectivity index (χ0n) is 12.3. The van der Waals surface area contributed by atoms with Gasteiger partial charge in [-0.15, -0.1) is 0 Å². The molecule has 22 heavy (non-hydrogen) atoms. The summed E-state index contributed by atoms with van der Waals surface area (Å²) in [7, 11) is 0. The van der Waals surface area contributed by atoms with Crippen LogP contribution in [0.3, 0.4) is 0 Å². The maximum absolute atomic E-state index is 12.4. The van der Waals surface area contributed by atoms with Gasteiger partial charge in [-0.1, -0.05) is 26.0 Å². The SMILES string of the molecule is CC(C)c1nc2ccc(C(=O)Nc3ccccc3Br)cc2o1. The predicted octanol–water partition coefficient (Wildman–Crippen LogP) is 4.97. The summed E-state index contributed by atoms with van der Waals surface area (Å²) >= 11 is 3.41. The third-order valence-corrected chi connectivity index (χ3v) is 3.97. The van der Waals surface area contributed by atoms with E-state index in [4.69, 9.17) is 4.42 Å². The molecule has 0 aliphatic heterocycles. The molecular weight excluding hydrogens is 344 g/mol. The summed E-state index contributed by atoms with van der Waals surface area (Å²) in [6, 6.07) is 12.8. The fourth-order valence-corrected chi connectivity index (χ4v) is 2.47. The van der Waals surface area contributed by atoms with Crippen molar-refractivity contribution in [3.8, 4) is 0 Å². The van der Waals surface area contributed by atoms with Crippen molar-refractivity contribution in [2.45, 2.75) is 19.8 Å². The molecule has 0 bridgehead atoms. The van der Waals surface area contributed by atoms with Crippen LogP contribution in [0.4, 0.5) is 5.69 Å². The number of hydrogen-bond donors (Lipinski definition) is 1. The second kappa shape index (κ2) is 5.93. The van der Waals surface area contributed by atoms with Gasteiger partial charge in [0, 0.05) is 16.0 Å². The first kappa shape index (κ1) is 14.8. The molecule has 3 aromatic rings. The van der Waals surface area contributed by atoms with Crippen molar-refractivity contribution >= 4 is 38.6 Å². The molecular formula is C17H15BrN2O2. The zero-order valence-corrected chi connectivity index (χ0v) is 13.8. The number of carbonyl (C=O) groups is 1. The van der Waals surface area contributed by atoms with Crippen LogP contribution in [-0.2, 0) is 0 Å². The van der Waals surface area contributed by atoms with E-state index in [0.717, 1.165) is 15.7 Å². The molecule has 1 N–H and O–H groups in total. The fraction of sp³-hybridized carbons (Fsp3) is 0.176. The molecule has 1 heterocycles. The van der Waals surface area contributed by atoms with Gasteiger partial charge in [0.05, 0.1) is 5.69 Å². The van der Waals surface area contributed by atoms with Gasteiger partial charge in [-0.3, -0.25) is 4.79 Å². The molecule has 0 saturated heterocycles. The van der Waals surface area contributed by atoms with Gasteiger partial charge in [-0.25, -0.2) is 4.98 Å². The van der Waals surface area contributed by atoms with Crippen LogP contribution in [0.2, 0.25) is 0 Å². The van der Waals surface area contributed by atoms with Gasteiger partial charge in [0.25, 0.3) is 5.91 Å². The van der Waals surface area contributed by atoms with Crippen LogP contribution in [0.25, 0.3) is 11.1 Å². The number of carbonyl (C=O) groups excluding carboxylic acids is 1. The Labute approximate surface area is 136 Å². The number of benzene rings is 2. The van der Waals surface area contributed by atoms with E-state index in [1.807, 2.05) is 38.1 Å². The third-order valence-electron chi connectivity index (χ3n) is 3.28. The van der Waals surface area contributed by atoms with Gasteiger partial charge in [0.2, 0.25) is 0 Å². The molecule has 1 amide bonds. The number of nitrogens with one attached hydrogen (secondary N) is 1. The average molecular weight is 359 g/mol. The molecule has 0 fully saturated rings. The second-order valence-electron chi connectivity index (χ2n) is 5.32. The van der Waals surface area contributed by atoms with Crippen molar-refractivity contribution in [2.24, 2.45) is 0 Å². The Morgan fingerprint density at radius 3 is 2.73 bits per heavy atom. The Morgan fingerprint density at radius 2 is 2.00 bits per heavy atom. The van der Waals surface area contributed by atoms with Crippen LogP contribution in [0.15, 0.2) is 51.4 Å². The van der Waals surface area contributed by atoms with Crippen LogP contribution < -0.4 is 5.32 Å². The zero-order chi connectivity index (χ0) is 15.7. The van der Waals surface area contributed by atoms with E-state index in [-0.39, 0.29) is 11.8 Å². The van der Waals surface area contributed by atoms with Crippen LogP contribution in [-0.4, -0.2) is 10.9 Å². The average Bonchev–Trinajstić information content (AvgIpc) is 2.93. The van der Waals surface area contributed by atoms with E-state index in [2.05, 4.69) is 26.2 Å². The lowest BCUT2D eigenvalue weighted by Crippen LogP contribution is -2.12. The van der Waals surface area contributed by atoms with E-state index < -0.39 is 0 Å². The molecule has 0 radical (unpaired) electrons. The first-order chi connectivity index (χ1) is 10.5. The summed E-state index contributed by atoms with van der Waals surface area (Å²) in [5, 5.41) is 2.87. The Balaban J connectivity index is 1.89. The summed E-state index contributed by atoms with van der Waals surface area (Å²) in [6.07, 6.45) is 0. The van der Waals surface area contributed by atoms with Crippen molar-refractivity contribution in [3.05, 3.63) is 58.4 Å². The van der Waals surface area contributed by atoms with E-state index >= 15 is 0 Å². The summed E-state index contributed by atoms with van der Waals surface area (Å²) < 4.78 is 6.53. The van der Waals surface area contributed by atoms with Crippen molar-refractivity contribution in [2.75, 3.05) is 5.32 Å². The van der Waals surface area contributed by atoms with E-state index in [1.54, 1.807) is 18.2 Å². The number of nitrogens with zero attached hydrogens (tertiary/aromatic N) is 1. The summed E-state index contributed by atoms with van der Waals surface area (Å²) in [5.41, 5.74) is 2.66. The lowest BCUT2D eigenvalue weighted by Gasteiger charge is -2.06. The van der Waals surface area contributed by atoms with E-state index in [0.29, 0.717) is 17.0 Å². The second-order valence-corrected chi connectivity index (χ2v) is 6.18. The van der Waals surface area contributed by atoms with Gasteiger partial charge in [0.15, 0.2) is 11.5 Å².